The fourth-order valence-electron chi connectivity index (χ4n) is 6.78. The summed E-state index contributed by atoms with van der Waals surface area (Å²) in [4.78, 5) is 34.9. The molecule has 6 nitrogen and oxygen atoms in total. The van der Waals surface area contributed by atoms with Crippen molar-refractivity contribution in [2.24, 2.45) is 22.7 Å². The van der Waals surface area contributed by atoms with Crippen LogP contribution in [0.4, 0.5) is 0 Å². The third-order valence-corrected chi connectivity index (χ3v) is 10.8. The van der Waals surface area contributed by atoms with Crippen LogP contribution in [-0.4, -0.2) is 34.1 Å². The van der Waals surface area contributed by atoms with Gasteiger partial charge in [0, 0.05) is 23.5 Å². The Bertz CT molecular complexity index is 1320. The van der Waals surface area contributed by atoms with E-state index in [9.17, 15) is 9.59 Å². The Morgan fingerprint density at radius 3 is 1.48 bits per heavy atom. The molecule has 3 aromatic rings. The van der Waals surface area contributed by atoms with Gasteiger partial charge in [-0.25, -0.2) is 19.6 Å². The van der Waals surface area contributed by atoms with Crippen LogP contribution >= 0.6 is 0 Å². The van der Waals surface area contributed by atoms with E-state index >= 15 is 0 Å². The average molecular weight is 597 g/mol. The predicted molar refractivity (Wildman–Crippen MR) is 174 cm³/mol. The SMILES string of the molecule is CC(C)[C@]1(C)CCC[C@@H](OC(=O)c2ccc(-c3cnc(-c4ccc(C(=O)O[C@@H]5CCC[C@@](C)(C(C)C)C5)cc4)nc3)cc2)C1. The summed E-state index contributed by atoms with van der Waals surface area (Å²) < 4.78 is 11.8. The van der Waals surface area contributed by atoms with E-state index in [1.807, 2.05) is 36.4 Å². The summed E-state index contributed by atoms with van der Waals surface area (Å²) in [6.45, 7) is 13.6. The van der Waals surface area contributed by atoms with E-state index in [4.69, 9.17) is 9.47 Å². The molecule has 6 heteroatoms. The van der Waals surface area contributed by atoms with E-state index in [1.54, 1.807) is 24.5 Å². The molecule has 1 aromatic heterocycles. The van der Waals surface area contributed by atoms with Gasteiger partial charge in [0.2, 0.25) is 0 Å². The van der Waals surface area contributed by atoms with Gasteiger partial charge in [0.25, 0.3) is 0 Å². The van der Waals surface area contributed by atoms with Crippen molar-refractivity contribution < 1.29 is 19.1 Å². The minimum Gasteiger partial charge on any atom is -0.459 e. The summed E-state index contributed by atoms with van der Waals surface area (Å²) in [5.41, 5.74) is 4.14. The number of aromatic nitrogens is 2. The molecular formula is C38H48N2O4. The molecule has 0 bridgehead atoms. The van der Waals surface area contributed by atoms with Gasteiger partial charge in [-0.1, -0.05) is 65.8 Å². The van der Waals surface area contributed by atoms with Crippen molar-refractivity contribution in [1.29, 1.82) is 0 Å². The zero-order valence-electron chi connectivity index (χ0n) is 27.3. The number of ether oxygens (including phenoxy) is 2. The maximum Gasteiger partial charge on any atom is 0.338 e. The van der Waals surface area contributed by atoms with Crippen molar-refractivity contribution in [2.75, 3.05) is 0 Å². The Labute approximate surface area is 263 Å². The minimum absolute atomic E-state index is 0.0260. The smallest absolute Gasteiger partial charge is 0.338 e. The van der Waals surface area contributed by atoms with Crippen molar-refractivity contribution >= 4 is 11.9 Å². The highest BCUT2D eigenvalue weighted by molar-refractivity contribution is 5.90. The molecule has 2 aliphatic rings. The normalized spacial score (nSPS) is 25.5. The molecule has 0 aliphatic heterocycles. The molecule has 0 spiro atoms. The second-order valence-electron chi connectivity index (χ2n) is 14.3. The van der Waals surface area contributed by atoms with Crippen molar-refractivity contribution in [2.45, 2.75) is 105 Å². The Morgan fingerprint density at radius 2 is 1.07 bits per heavy atom. The number of carbonyl (C=O) groups is 2. The Kier molecular flexibility index (Phi) is 9.57. The molecule has 0 N–H and O–H groups in total. The van der Waals surface area contributed by atoms with Gasteiger partial charge in [-0.2, -0.15) is 0 Å². The first-order chi connectivity index (χ1) is 21.0. The second-order valence-corrected chi connectivity index (χ2v) is 14.3. The van der Waals surface area contributed by atoms with Crippen LogP contribution in [0.2, 0.25) is 0 Å². The molecule has 2 fully saturated rings. The third kappa shape index (κ3) is 7.22. The molecule has 0 radical (unpaired) electrons. The summed E-state index contributed by atoms with van der Waals surface area (Å²) in [5.74, 6) is 1.17. The van der Waals surface area contributed by atoms with E-state index < -0.39 is 0 Å². The van der Waals surface area contributed by atoms with Crippen molar-refractivity contribution in [3.05, 3.63) is 72.1 Å². The topological polar surface area (TPSA) is 78.4 Å². The Balaban J connectivity index is 1.17. The average Bonchev–Trinajstić information content (AvgIpc) is 3.01. The maximum absolute atomic E-state index is 12.9. The van der Waals surface area contributed by atoms with E-state index in [2.05, 4.69) is 51.5 Å². The van der Waals surface area contributed by atoms with Crippen LogP contribution in [0.1, 0.15) is 114 Å². The van der Waals surface area contributed by atoms with Gasteiger partial charge in [-0.15, -0.1) is 0 Å². The lowest BCUT2D eigenvalue weighted by Crippen LogP contribution is -2.35. The van der Waals surface area contributed by atoms with E-state index in [0.717, 1.165) is 55.2 Å². The van der Waals surface area contributed by atoms with Crippen molar-refractivity contribution in [3.63, 3.8) is 0 Å². The number of nitrogens with zero attached hydrogens (tertiary/aromatic N) is 2. The van der Waals surface area contributed by atoms with Crippen LogP contribution in [0.5, 0.6) is 0 Å². The van der Waals surface area contributed by atoms with Gasteiger partial charge in [0.05, 0.1) is 11.1 Å². The standard InChI is InChI=1S/C38H48N2O4/c1-25(2)37(5)19-7-9-32(21-37)43-35(41)29-15-11-27(12-16-29)31-23-39-34(40-24-31)28-13-17-30(18-14-28)36(42)44-33-10-8-20-38(6,22-33)26(3)4/h11-18,23-26,32-33H,7-10,19-22H2,1-6H3/t32-,33-,37-,38-/m1/s1. The fourth-order valence-corrected chi connectivity index (χ4v) is 6.78. The lowest BCUT2D eigenvalue weighted by Gasteiger charge is -2.40. The number of hydrogen-bond donors (Lipinski definition) is 0. The monoisotopic (exact) mass is 596 g/mol. The molecule has 2 saturated carbocycles. The van der Waals surface area contributed by atoms with Gasteiger partial charge in [0.15, 0.2) is 5.82 Å². The fraction of sp³-hybridized carbons (Fsp3) is 0.526. The minimum atomic E-state index is -0.272. The number of rotatable bonds is 8. The summed E-state index contributed by atoms with van der Waals surface area (Å²) in [6.07, 6.45) is 11.8. The van der Waals surface area contributed by atoms with Gasteiger partial charge in [0.1, 0.15) is 12.2 Å². The van der Waals surface area contributed by atoms with E-state index in [-0.39, 0.29) is 35.0 Å². The van der Waals surface area contributed by atoms with Crippen LogP contribution in [0, 0.1) is 22.7 Å². The lowest BCUT2D eigenvalue weighted by molar-refractivity contribution is -0.0107. The van der Waals surface area contributed by atoms with Crippen LogP contribution in [0.15, 0.2) is 60.9 Å². The first kappa shape index (κ1) is 31.9. The van der Waals surface area contributed by atoms with Gasteiger partial charge in [-0.3, -0.25) is 0 Å². The van der Waals surface area contributed by atoms with E-state index in [1.165, 1.54) is 12.8 Å². The molecule has 234 valence electrons. The molecule has 0 amide bonds. The highest BCUT2D eigenvalue weighted by atomic mass is 16.5. The summed E-state index contributed by atoms with van der Waals surface area (Å²) in [7, 11) is 0. The molecule has 2 aliphatic carbocycles. The zero-order valence-corrected chi connectivity index (χ0v) is 27.3. The van der Waals surface area contributed by atoms with Gasteiger partial charge < -0.3 is 9.47 Å². The highest BCUT2D eigenvalue weighted by Gasteiger charge is 2.37. The first-order valence-corrected chi connectivity index (χ1v) is 16.4. The third-order valence-electron chi connectivity index (χ3n) is 10.8. The van der Waals surface area contributed by atoms with Crippen LogP contribution < -0.4 is 0 Å². The zero-order chi connectivity index (χ0) is 31.5. The largest absolute Gasteiger partial charge is 0.459 e. The Morgan fingerprint density at radius 1 is 0.659 bits per heavy atom. The molecule has 4 atom stereocenters. The van der Waals surface area contributed by atoms with E-state index in [0.29, 0.717) is 28.8 Å². The highest BCUT2D eigenvalue weighted by Crippen LogP contribution is 2.44. The maximum atomic E-state index is 12.9. The number of hydrogen-bond acceptors (Lipinski definition) is 6. The molecule has 44 heavy (non-hydrogen) atoms. The molecule has 2 aromatic carbocycles. The Hall–Kier alpha value is -3.54. The molecule has 0 saturated heterocycles. The number of carbonyl (C=O) groups excluding carboxylic acids is 2. The van der Waals surface area contributed by atoms with Crippen molar-refractivity contribution in [1.82, 2.24) is 9.97 Å². The summed E-state index contributed by atoms with van der Waals surface area (Å²) in [6, 6.07) is 14.7. The molecule has 1 heterocycles. The van der Waals surface area contributed by atoms with Crippen molar-refractivity contribution in [3.8, 4) is 22.5 Å². The van der Waals surface area contributed by atoms with Gasteiger partial charge in [-0.05, 0) is 104 Å². The van der Waals surface area contributed by atoms with Gasteiger partial charge >= 0.3 is 11.9 Å². The van der Waals surface area contributed by atoms with Crippen LogP contribution in [0.3, 0.4) is 0 Å². The molecular weight excluding hydrogens is 548 g/mol. The summed E-state index contributed by atoms with van der Waals surface area (Å²) >= 11 is 0. The number of benzene rings is 2. The van der Waals surface area contributed by atoms with Crippen LogP contribution in [-0.2, 0) is 9.47 Å². The predicted octanol–water partition coefficient (Wildman–Crippen LogP) is 9.33. The first-order valence-electron chi connectivity index (χ1n) is 16.4. The summed E-state index contributed by atoms with van der Waals surface area (Å²) in [5, 5.41) is 0. The molecule has 0 unspecified atom stereocenters. The van der Waals surface area contributed by atoms with Crippen LogP contribution in [0.25, 0.3) is 22.5 Å². The number of esters is 2. The lowest BCUT2D eigenvalue weighted by atomic mass is 9.67. The molecule has 5 rings (SSSR count). The second kappa shape index (κ2) is 13.2. The quantitative estimate of drug-likeness (QED) is 0.241.